The van der Waals surface area contributed by atoms with Crippen LogP contribution in [0, 0.1) is 0 Å². The van der Waals surface area contributed by atoms with E-state index in [0.29, 0.717) is 25.2 Å². The van der Waals surface area contributed by atoms with Gasteiger partial charge in [-0.15, -0.1) is 0 Å². The second kappa shape index (κ2) is 6.43. The van der Waals surface area contributed by atoms with Gasteiger partial charge in [-0.05, 0) is 26.7 Å². The molecular formula is C11H24N2O2. The van der Waals surface area contributed by atoms with E-state index in [0.717, 1.165) is 0 Å². The van der Waals surface area contributed by atoms with Crippen LogP contribution in [-0.2, 0) is 4.74 Å². The highest BCUT2D eigenvalue weighted by Crippen LogP contribution is 2.19. The van der Waals surface area contributed by atoms with Gasteiger partial charge < -0.3 is 9.84 Å². The number of aliphatic hydroxyl groups is 1. The van der Waals surface area contributed by atoms with Crippen LogP contribution < -0.4 is 5.43 Å². The number of hydrazine groups is 1. The topological polar surface area (TPSA) is 44.7 Å². The number of hydrogen-bond donors (Lipinski definition) is 2. The molecule has 1 rings (SSSR count). The first-order chi connectivity index (χ1) is 7.15. The minimum absolute atomic E-state index is 0.392. The first kappa shape index (κ1) is 12.9. The molecule has 4 heteroatoms. The lowest BCUT2D eigenvalue weighted by Crippen LogP contribution is -2.54. The number of hydrogen-bond acceptors (Lipinski definition) is 4. The molecule has 2 N–H and O–H groups in total. The Bertz CT molecular complexity index is 168. The summed E-state index contributed by atoms with van der Waals surface area (Å²) in [6, 6.07) is 1.12. The Morgan fingerprint density at radius 1 is 1.40 bits per heavy atom. The molecule has 0 aliphatic carbocycles. The monoisotopic (exact) mass is 216 g/mol. The van der Waals surface area contributed by atoms with Gasteiger partial charge in [0.2, 0.25) is 0 Å². The molecule has 3 atom stereocenters. The van der Waals surface area contributed by atoms with Gasteiger partial charge in [0, 0.05) is 25.7 Å². The van der Waals surface area contributed by atoms with Crippen LogP contribution in [0.4, 0.5) is 0 Å². The number of ether oxygens (including phenoxy) is 1. The fourth-order valence-corrected chi connectivity index (χ4v) is 2.20. The van der Waals surface area contributed by atoms with Gasteiger partial charge in [0.25, 0.3) is 0 Å². The predicted octanol–water partition coefficient (Wildman–Crippen LogP) is 0.761. The zero-order chi connectivity index (χ0) is 11.3. The molecule has 0 radical (unpaired) electrons. The van der Waals surface area contributed by atoms with Crippen molar-refractivity contribution < 1.29 is 9.84 Å². The van der Waals surface area contributed by atoms with Crippen molar-refractivity contribution in [3.63, 3.8) is 0 Å². The van der Waals surface area contributed by atoms with Crippen molar-refractivity contribution in [2.24, 2.45) is 0 Å². The molecule has 4 nitrogen and oxygen atoms in total. The van der Waals surface area contributed by atoms with Crippen LogP contribution in [-0.4, -0.2) is 48.6 Å². The Morgan fingerprint density at radius 2 is 2.00 bits per heavy atom. The standard InChI is InChI=1S/C11H24N2O2/c1-9-5-4-6-10(2)13(9)12-7-11(14)8-15-3/h9-12,14H,4-8H2,1-3H3. The Balaban J connectivity index is 2.28. The summed E-state index contributed by atoms with van der Waals surface area (Å²) in [5, 5.41) is 11.8. The molecule has 90 valence electrons. The number of methoxy groups -OCH3 is 1. The molecule has 0 aromatic rings. The molecule has 0 amide bonds. The maximum atomic E-state index is 9.54. The van der Waals surface area contributed by atoms with E-state index in [-0.39, 0.29) is 0 Å². The summed E-state index contributed by atoms with van der Waals surface area (Å²) in [6.07, 6.45) is 3.35. The zero-order valence-corrected chi connectivity index (χ0v) is 10.1. The van der Waals surface area contributed by atoms with E-state index in [1.807, 2.05) is 0 Å². The van der Waals surface area contributed by atoms with Crippen LogP contribution in [0.15, 0.2) is 0 Å². The lowest BCUT2D eigenvalue weighted by molar-refractivity contribution is 0.00700. The van der Waals surface area contributed by atoms with Gasteiger partial charge >= 0.3 is 0 Å². The fourth-order valence-electron chi connectivity index (χ4n) is 2.20. The van der Waals surface area contributed by atoms with Crippen molar-refractivity contribution >= 4 is 0 Å². The van der Waals surface area contributed by atoms with Crippen LogP contribution >= 0.6 is 0 Å². The van der Waals surface area contributed by atoms with Crippen LogP contribution in [0.5, 0.6) is 0 Å². The normalized spacial score (nSPS) is 30.4. The second-order valence-electron chi connectivity index (χ2n) is 4.51. The van der Waals surface area contributed by atoms with Gasteiger partial charge in [0.05, 0.1) is 12.7 Å². The van der Waals surface area contributed by atoms with Crippen molar-refractivity contribution in [2.45, 2.75) is 51.3 Å². The van der Waals surface area contributed by atoms with E-state index in [9.17, 15) is 5.11 Å². The summed E-state index contributed by atoms with van der Waals surface area (Å²) in [4.78, 5) is 0. The lowest BCUT2D eigenvalue weighted by Gasteiger charge is -2.39. The van der Waals surface area contributed by atoms with E-state index < -0.39 is 6.10 Å². The third-order valence-electron chi connectivity index (χ3n) is 3.06. The van der Waals surface area contributed by atoms with Gasteiger partial charge in [0.15, 0.2) is 0 Å². The minimum atomic E-state index is -0.420. The summed E-state index contributed by atoms with van der Waals surface area (Å²) >= 11 is 0. The molecule has 1 heterocycles. The van der Waals surface area contributed by atoms with Crippen molar-refractivity contribution in [2.75, 3.05) is 20.3 Å². The fraction of sp³-hybridized carbons (Fsp3) is 1.00. The van der Waals surface area contributed by atoms with Crippen LogP contribution in [0.1, 0.15) is 33.1 Å². The molecule has 15 heavy (non-hydrogen) atoms. The maximum absolute atomic E-state index is 9.54. The van der Waals surface area contributed by atoms with Crippen molar-refractivity contribution in [1.82, 2.24) is 10.4 Å². The van der Waals surface area contributed by atoms with Gasteiger partial charge in [-0.1, -0.05) is 6.42 Å². The third-order valence-corrected chi connectivity index (χ3v) is 3.06. The maximum Gasteiger partial charge on any atom is 0.0911 e. The van der Waals surface area contributed by atoms with Crippen molar-refractivity contribution in [3.05, 3.63) is 0 Å². The highest BCUT2D eigenvalue weighted by molar-refractivity contribution is 4.77. The second-order valence-corrected chi connectivity index (χ2v) is 4.51. The largest absolute Gasteiger partial charge is 0.389 e. The molecule has 0 bridgehead atoms. The van der Waals surface area contributed by atoms with E-state index >= 15 is 0 Å². The van der Waals surface area contributed by atoms with E-state index in [2.05, 4.69) is 24.3 Å². The average Bonchev–Trinajstić information content (AvgIpc) is 2.17. The number of nitrogens with one attached hydrogen (secondary N) is 1. The van der Waals surface area contributed by atoms with Gasteiger partial charge in [-0.3, -0.25) is 5.43 Å². The smallest absolute Gasteiger partial charge is 0.0911 e. The Hall–Kier alpha value is -0.160. The van der Waals surface area contributed by atoms with Crippen molar-refractivity contribution in [3.8, 4) is 0 Å². The quantitative estimate of drug-likeness (QED) is 0.712. The molecule has 0 aromatic carbocycles. The molecule has 1 fully saturated rings. The summed E-state index contributed by atoms with van der Waals surface area (Å²) in [6.45, 7) is 5.42. The Morgan fingerprint density at radius 3 is 2.53 bits per heavy atom. The summed E-state index contributed by atoms with van der Waals surface area (Å²) in [7, 11) is 1.61. The molecule has 1 aliphatic heterocycles. The van der Waals surface area contributed by atoms with Gasteiger partial charge in [0.1, 0.15) is 0 Å². The Kier molecular flexibility index (Phi) is 5.53. The first-order valence-corrected chi connectivity index (χ1v) is 5.84. The number of nitrogens with zero attached hydrogens (tertiary/aromatic N) is 1. The molecule has 0 saturated carbocycles. The SMILES string of the molecule is COCC(O)CNN1C(C)CCCC1C. The first-order valence-electron chi connectivity index (χ1n) is 5.84. The van der Waals surface area contributed by atoms with Crippen LogP contribution in [0.3, 0.4) is 0 Å². The number of rotatable bonds is 5. The van der Waals surface area contributed by atoms with E-state index in [1.54, 1.807) is 7.11 Å². The third kappa shape index (κ3) is 4.07. The highest BCUT2D eigenvalue weighted by Gasteiger charge is 2.24. The van der Waals surface area contributed by atoms with E-state index in [1.165, 1.54) is 19.3 Å². The number of piperidine rings is 1. The van der Waals surface area contributed by atoms with Gasteiger partial charge in [-0.2, -0.15) is 0 Å². The van der Waals surface area contributed by atoms with Gasteiger partial charge in [-0.25, -0.2) is 5.01 Å². The van der Waals surface area contributed by atoms with Crippen LogP contribution in [0.2, 0.25) is 0 Å². The van der Waals surface area contributed by atoms with Crippen molar-refractivity contribution in [1.29, 1.82) is 0 Å². The predicted molar refractivity (Wildman–Crippen MR) is 60.5 cm³/mol. The number of aliphatic hydroxyl groups excluding tert-OH is 1. The average molecular weight is 216 g/mol. The molecule has 1 saturated heterocycles. The van der Waals surface area contributed by atoms with Crippen LogP contribution in [0.25, 0.3) is 0 Å². The lowest BCUT2D eigenvalue weighted by atomic mass is 10.00. The molecule has 3 unspecified atom stereocenters. The minimum Gasteiger partial charge on any atom is -0.389 e. The summed E-state index contributed by atoms with van der Waals surface area (Å²) in [5.74, 6) is 0. The zero-order valence-electron chi connectivity index (χ0n) is 10.1. The Labute approximate surface area is 92.6 Å². The summed E-state index contributed by atoms with van der Waals surface area (Å²) in [5.41, 5.74) is 3.31. The highest BCUT2D eigenvalue weighted by atomic mass is 16.5. The van der Waals surface area contributed by atoms with E-state index in [4.69, 9.17) is 4.74 Å². The molecule has 1 aliphatic rings. The molecule has 0 aromatic heterocycles. The summed E-state index contributed by atoms with van der Waals surface area (Å²) < 4.78 is 4.89. The molecular weight excluding hydrogens is 192 g/mol. The molecule has 0 spiro atoms.